The summed E-state index contributed by atoms with van der Waals surface area (Å²) in [5, 5.41) is 15.0. The summed E-state index contributed by atoms with van der Waals surface area (Å²) < 4.78 is 26.3. The van der Waals surface area contributed by atoms with Gasteiger partial charge in [-0.15, -0.1) is 0 Å². The van der Waals surface area contributed by atoms with Crippen LogP contribution in [0.2, 0.25) is 0 Å². The number of aliphatic hydroxyl groups excluding tert-OH is 1. The molecule has 2 aromatic carbocycles. The fraction of sp³-hybridized carbons (Fsp3) is 0.182. The van der Waals surface area contributed by atoms with Crippen molar-refractivity contribution in [2.75, 3.05) is 6.61 Å². The minimum absolute atomic E-state index is 0.00974. The Kier molecular flexibility index (Phi) is 8.00. The molecule has 2 rings (SSSR count). The van der Waals surface area contributed by atoms with Crippen LogP contribution >= 0.6 is 0 Å². The molecule has 0 bridgehead atoms. The third-order valence-electron chi connectivity index (χ3n) is 4.08. The van der Waals surface area contributed by atoms with Gasteiger partial charge in [0, 0.05) is 5.56 Å². The lowest BCUT2D eigenvalue weighted by Crippen LogP contribution is -2.46. The molecule has 0 saturated carbocycles. The summed E-state index contributed by atoms with van der Waals surface area (Å²) in [4.78, 5) is 16.9. The van der Waals surface area contributed by atoms with Gasteiger partial charge in [-0.1, -0.05) is 18.7 Å². The number of nitrogens with two attached hydrogens (primary N) is 1. The van der Waals surface area contributed by atoms with Crippen molar-refractivity contribution in [1.29, 1.82) is 0 Å². The number of benzene rings is 2. The summed E-state index contributed by atoms with van der Waals surface area (Å²) in [6.07, 6.45) is 1.54. The summed E-state index contributed by atoms with van der Waals surface area (Å²) >= 11 is 0. The van der Waals surface area contributed by atoms with E-state index in [4.69, 9.17) is 5.84 Å². The number of guanidine groups is 1. The zero-order chi connectivity index (χ0) is 23.0. The predicted molar refractivity (Wildman–Crippen MR) is 116 cm³/mol. The molecular formula is C22H25F2N5O2. The van der Waals surface area contributed by atoms with Crippen LogP contribution in [0.4, 0.5) is 8.78 Å². The lowest BCUT2D eigenvalue weighted by Gasteiger charge is -2.21. The maximum atomic E-state index is 13.1. The van der Waals surface area contributed by atoms with Crippen LogP contribution in [0.5, 0.6) is 0 Å². The Bertz CT molecular complexity index is 984. The number of hydrogen-bond donors (Lipinski definition) is 5. The van der Waals surface area contributed by atoms with Crippen molar-refractivity contribution in [3.8, 4) is 0 Å². The van der Waals surface area contributed by atoms with E-state index in [1.807, 2.05) is 0 Å². The van der Waals surface area contributed by atoms with Crippen molar-refractivity contribution in [2.24, 2.45) is 10.8 Å². The van der Waals surface area contributed by atoms with Gasteiger partial charge in [-0.3, -0.25) is 10.1 Å². The number of nitrogens with one attached hydrogen (secondary N) is 3. The summed E-state index contributed by atoms with van der Waals surface area (Å²) in [5.41, 5.74) is 2.88. The number of hydrogen-bond acceptors (Lipinski definition) is 5. The van der Waals surface area contributed by atoms with Crippen molar-refractivity contribution in [3.63, 3.8) is 0 Å². The summed E-state index contributed by atoms with van der Waals surface area (Å²) in [6, 6.07) is 10.7. The molecule has 0 aliphatic heterocycles. The first-order valence-electron chi connectivity index (χ1n) is 9.31. The molecule has 6 N–H and O–H groups in total. The largest absolute Gasteiger partial charge is 0.394 e. The number of carbonyl (C=O) groups is 1. The molecule has 2 aromatic rings. The first-order valence-corrected chi connectivity index (χ1v) is 9.31. The topological polar surface area (TPSA) is 112 Å². The van der Waals surface area contributed by atoms with Crippen LogP contribution in [0.25, 0.3) is 5.57 Å². The number of hydrazine groups is 1. The molecule has 7 nitrogen and oxygen atoms in total. The van der Waals surface area contributed by atoms with Crippen LogP contribution < -0.4 is 21.9 Å². The lowest BCUT2D eigenvalue weighted by atomic mass is 10.1. The van der Waals surface area contributed by atoms with Gasteiger partial charge in [-0.05, 0) is 67.5 Å². The predicted octanol–water partition coefficient (Wildman–Crippen LogP) is 2.43. The van der Waals surface area contributed by atoms with Gasteiger partial charge in [0.05, 0.1) is 12.1 Å². The smallest absolute Gasteiger partial charge is 0.257 e. The molecule has 0 aliphatic carbocycles. The van der Waals surface area contributed by atoms with E-state index < -0.39 is 17.3 Å². The molecule has 0 heterocycles. The third kappa shape index (κ3) is 7.32. The van der Waals surface area contributed by atoms with Crippen LogP contribution in [0.3, 0.4) is 0 Å². The van der Waals surface area contributed by atoms with E-state index in [1.165, 1.54) is 24.3 Å². The van der Waals surface area contributed by atoms with Crippen LogP contribution in [-0.2, 0) is 0 Å². The molecule has 0 radical (unpaired) electrons. The van der Waals surface area contributed by atoms with E-state index in [9.17, 15) is 18.7 Å². The second-order valence-electron chi connectivity index (χ2n) is 7.25. The number of amides is 1. The quantitative estimate of drug-likeness (QED) is 0.153. The minimum Gasteiger partial charge on any atom is -0.394 e. The number of carbonyl (C=O) groups excluding carboxylic acids is 1. The van der Waals surface area contributed by atoms with Crippen molar-refractivity contribution < 1.29 is 18.7 Å². The highest BCUT2D eigenvalue weighted by molar-refractivity contribution is 6.06. The van der Waals surface area contributed by atoms with Crippen molar-refractivity contribution in [3.05, 3.63) is 89.8 Å². The molecule has 0 unspecified atom stereocenters. The molecule has 0 spiro atoms. The lowest BCUT2D eigenvalue weighted by molar-refractivity contribution is 0.0975. The molecule has 0 atom stereocenters. The van der Waals surface area contributed by atoms with Crippen LogP contribution in [0, 0.1) is 11.6 Å². The molecule has 0 aliphatic rings. The maximum absolute atomic E-state index is 13.1. The number of nitrogens with zero attached hydrogens (tertiary/aromatic N) is 1. The van der Waals surface area contributed by atoms with Crippen LogP contribution in [0.15, 0.2) is 72.0 Å². The van der Waals surface area contributed by atoms with Gasteiger partial charge in [-0.2, -0.15) is 0 Å². The Morgan fingerprint density at radius 2 is 1.58 bits per heavy atom. The van der Waals surface area contributed by atoms with E-state index in [2.05, 4.69) is 27.6 Å². The molecule has 1 amide bonds. The van der Waals surface area contributed by atoms with Gasteiger partial charge in [0.1, 0.15) is 17.5 Å². The van der Waals surface area contributed by atoms with E-state index in [1.54, 1.807) is 32.1 Å². The average molecular weight is 429 g/mol. The van der Waals surface area contributed by atoms with Crippen molar-refractivity contribution in [2.45, 2.75) is 19.4 Å². The maximum Gasteiger partial charge on any atom is 0.257 e. The van der Waals surface area contributed by atoms with Crippen molar-refractivity contribution in [1.82, 2.24) is 16.1 Å². The van der Waals surface area contributed by atoms with E-state index in [-0.39, 0.29) is 29.8 Å². The number of allylic oxidation sites excluding steroid dienone is 2. The Morgan fingerprint density at radius 1 is 1.06 bits per heavy atom. The Labute approximate surface area is 179 Å². The monoisotopic (exact) mass is 429 g/mol. The van der Waals surface area contributed by atoms with Gasteiger partial charge >= 0.3 is 0 Å². The Balaban J connectivity index is 2.28. The van der Waals surface area contributed by atoms with Gasteiger partial charge in [0.2, 0.25) is 5.96 Å². The number of rotatable bonds is 7. The van der Waals surface area contributed by atoms with Crippen LogP contribution in [0.1, 0.15) is 29.8 Å². The fourth-order valence-electron chi connectivity index (χ4n) is 2.37. The second kappa shape index (κ2) is 10.5. The SMILES string of the molecule is C=C(/C=C(\NN)NC(=NC(C)(C)CO)NC(=O)c1ccc(F)cc1)c1ccc(F)cc1. The molecule has 31 heavy (non-hydrogen) atoms. The average Bonchev–Trinajstić information content (AvgIpc) is 2.73. The van der Waals surface area contributed by atoms with Crippen LogP contribution in [-0.4, -0.2) is 29.1 Å². The zero-order valence-electron chi connectivity index (χ0n) is 17.2. The number of halogens is 2. The summed E-state index contributed by atoms with van der Waals surface area (Å²) in [5.74, 6) is 4.41. The third-order valence-corrected chi connectivity index (χ3v) is 4.08. The second-order valence-corrected chi connectivity index (χ2v) is 7.25. The van der Waals surface area contributed by atoms with Gasteiger partial charge < -0.3 is 15.8 Å². The molecule has 0 aromatic heterocycles. The number of aliphatic hydroxyl groups is 1. The standard InChI is InChI=1S/C22H25F2N5O2/c1-14(15-4-8-17(23)9-5-15)12-19(29-25)26-21(28-22(2,3)13-30)27-20(31)16-6-10-18(24)11-7-16/h4-12,29-30H,1,13,25H2,2-3H3,(H2,26,27,28,31)/b19-12-. The summed E-state index contributed by atoms with van der Waals surface area (Å²) in [6.45, 7) is 6.95. The highest BCUT2D eigenvalue weighted by atomic mass is 19.1. The fourth-order valence-corrected chi connectivity index (χ4v) is 2.37. The molecule has 164 valence electrons. The van der Waals surface area contributed by atoms with E-state index >= 15 is 0 Å². The molecule has 9 heteroatoms. The van der Waals surface area contributed by atoms with Gasteiger partial charge in [-0.25, -0.2) is 19.6 Å². The van der Waals surface area contributed by atoms with E-state index in [0.29, 0.717) is 11.1 Å². The zero-order valence-corrected chi connectivity index (χ0v) is 17.2. The van der Waals surface area contributed by atoms with E-state index in [0.717, 1.165) is 12.1 Å². The van der Waals surface area contributed by atoms with Crippen molar-refractivity contribution >= 4 is 17.4 Å². The molecule has 0 fully saturated rings. The molecule has 0 saturated heterocycles. The first-order chi connectivity index (χ1) is 14.6. The minimum atomic E-state index is -0.925. The summed E-state index contributed by atoms with van der Waals surface area (Å²) in [7, 11) is 0. The Hall–Kier alpha value is -3.56. The normalized spacial score (nSPS) is 12.3. The first kappa shape index (κ1) is 23.7. The van der Waals surface area contributed by atoms with Gasteiger partial charge in [0.15, 0.2) is 0 Å². The van der Waals surface area contributed by atoms with Gasteiger partial charge in [0.25, 0.3) is 5.91 Å². The highest BCUT2D eigenvalue weighted by Gasteiger charge is 2.18. The molecular weight excluding hydrogens is 404 g/mol. The number of aliphatic imine (C=N–C) groups is 1. The Morgan fingerprint density at radius 3 is 2.06 bits per heavy atom. The highest BCUT2D eigenvalue weighted by Crippen LogP contribution is 2.15.